The van der Waals surface area contributed by atoms with E-state index in [1.165, 1.54) is 7.11 Å². The van der Waals surface area contributed by atoms with Gasteiger partial charge >= 0.3 is 5.97 Å². The van der Waals surface area contributed by atoms with Crippen molar-refractivity contribution in [3.63, 3.8) is 0 Å². The first kappa shape index (κ1) is 23.1. The molecule has 3 aromatic carbocycles. The molecule has 32 heavy (non-hydrogen) atoms. The molecule has 0 N–H and O–H groups in total. The fourth-order valence-electron chi connectivity index (χ4n) is 3.72. The third-order valence-electron chi connectivity index (χ3n) is 5.41. The van der Waals surface area contributed by atoms with Crippen LogP contribution in [0.3, 0.4) is 0 Å². The molecule has 0 aliphatic heterocycles. The van der Waals surface area contributed by atoms with Gasteiger partial charge in [-0.05, 0) is 41.3 Å². The highest BCUT2D eigenvalue weighted by molar-refractivity contribution is 5.78. The van der Waals surface area contributed by atoms with E-state index in [1.807, 2.05) is 72.5 Å². The van der Waals surface area contributed by atoms with Crippen molar-refractivity contribution in [3.8, 4) is 16.9 Å². The summed E-state index contributed by atoms with van der Waals surface area (Å²) >= 11 is 0. The first-order chi connectivity index (χ1) is 15.4. The topological polar surface area (TPSA) is 55.8 Å². The van der Waals surface area contributed by atoms with Crippen LogP contribution in [0.15, 0.2) is 66.7 Å². The number of amides is 1. The molecule has 0 radical (unpaired) electrons. The van der Waals surface area contributed by atoms with Crippen LogP contribution in [0.25, 0.3) is 11.1 Å². The van der Waals surface area contributed by atoms with E-state index in [4.69, 9.17) is 9.47 Å². The Kier molecular flexibility index (Phi) is 7.66. The second-order valence-electron chi connectivity index (χ2n) is 7.81. The molecule has 0 saturated carbocycles. The van der Waals surface area contributed by atoms with Crippen molar-refractivity contribution in [1.82, 2.24) is 4.90 Å². The predicted molar refractivity (Wildman–Crippen MR) is 125 cm³/mol. The molecule has 0 unspecified atom stereocenters. The number of carbonyl (C=O) groups is 2. The van der Waals surface area contributed by atoms with Crippen LogP contribution in [0.4, 0.5) is 0 Å². The summed E-state index contributed by atoms with van der Waals surface area (Å²) in [5.41, 5.74) is 5.90. The normalized spacial score (nSPS) is 10.5. The highest BCUT2D eigenvalue weighted by Crippen LogP contribution is 2.35. The monoisotopic (exact) mass is 431 g/mol. The zero-order valence-corrected chi connectivity index (χ0v) is 19.1. The minimum absolute atomic E-state index is 0.00714. The third-order valence-corrected chi connectivity index (χ3v) is 5.41. The van der Waals surface area contributed by atoms with E-state index in [0.29, 0.717) is 18.8 Å². The van der Waals surface area contributed by atoms with Crippen LogP contribution in [0.5, 0.6) is 5.75 Å². The maximum absolute atomic E-state index is 12.5. The van der Waals surface area contributed by atoms with Crippen LogP contribution in [0.2, 0.25) is 0 Å². The summed E-state index contributed by atoms with van der Waals surface area (Å²) < 4.78 is 10.4. The summed E-state index contributed by atoms with van der Waals surface area (Å²) in [7, 11) is 3.01. The molecule has 0 bridgehead atoms. The van der Waals surface area contributed by atoms with Crippen LogP contribution >= 0.6 is 0 Å². The van der Waals surface area contributed by atoms with Gasteiger partial charge in [0.25, 0.3) is 0 Å². The lowest BCUT2D eigenvalue weighted by molar-refractivity contribution is -0.139. The number of nitrogens with zero attached hydrogens (tertiary/aromatic N) is 1. The molecule has 0 fully saturated rings. The van der Waals surface area contributed by atoms with Gasteiger partial charge in [-0.3, -0.25) is 9.59 Å². The lowest BCUT2D eigenvalue weighted by Crippen LogP contribution is -2.28. The quantitative estimate of drug-likeness (QED) is 0.474. The SMILES string of the molecule is COC(=O)Cc1ccc(OC)c(-c2ccc(C)cc2CN(Cc2ccccc2)C(C)=O)c1. The number of rotatable bonds is 8. The average Bonchev–Trinajstić information content (AvgIpc) is 2.79. The van der Waals surface area contributed by atoms with Gasteiger partial charge < -0.3 is 14.4 Å². The molecular weight excluding hydrogens is 402 g/mol. The molecule has 0 aromatic heterocycles. The summed E-state index contributed by atoms with van der Waals surface area (Å²) in [5, 5.41) is 0. The van der Waals surface area contributed by atoms with Gasteiger partial charge in [-0.2, -0.15) is 0 Å². The Labute approximate surface area is 189 Å². The fourth-order valence-corrected chi connectivity index (χ4v) is 3.72. The number of ether oxygens (including phenoxy) is 2. The van der Waals surface area contributed by atoms with Gasteiger partial charge in [-0.25, -0.2) is 0 Å². The number of benzene rings is 3. The molecule has 166 valence electrons. The Bertz CT molecular complexity index is 1090. The summed E-state index contributed by atoms with van der Waals surface area (Å²) in [6.45, 7) is 4.62. The first-order valence-electron chi connectivity index (χ1n) is 10.5. The minimum atomic E-state index is -0.295. The van der Waals surface area contributed by atoms with E-state index in [9.17, 15) is 9.59 Å². The van der Waals surface area contributed by atoms with Crippen molar-refractivity contribution >= 4 is 11.9 Å². The van der Waals surface area contributed by atoms with Gasteiger partial charge in [-0.15, -0.1) is 0 Å². The Morgan fingerprint density at radius 1 is 0.844 bits per heavy atom. The Morgan fingerprint density at radius 2 is 1.59 bits per heavy atom. The van der Waals surface area contributed by atoms with E-state index < -0.39 is 0 Å². The van der Waals surface area contributed by atoms with Gasteiger partial charge in [-0.1, -0.05) is 60.2 Å². The van der Waals surface area contributed by atoms with Gasteiger partial charge in [0.15, 0.2) is 0 Å². The van der Waals surface area contributed by atoms with Gasteiger partial charge in [0.1, 0.15) is 5.75 Å². The number of carbonyl (C=O) groups excluding carboxylic acids is 2. The smallest absolute Gasteiger partial charge is 0.309 e. The summed E-state index contributed by atoms with van der Waals surface area (Å²) in [4.78, 5) is 26.1. The predicted octanol–water partition coefficient (Wildman–Crippen LogP) is 4.93. The molecule has 0 atom stereocenters. The molecule has 0 saturated heterocycles. The lowest BCUT2D eigenvalue weighted by atomic mass is 9.94. The molecule has 3 aromatic rings. The molecule has 3 rings (SSSR count). The Hall–Kier alpha value is -3.60. The van der Waals surface area contributed by atoms with Gasteiger partial charge in [0.2, 0.25) is 5.91 Å². The molecular formula is C27H29NO4. The number of esters is 1. The minimum Gasteiger partial charge on any atom is -0.496 e. The molecule has 0 spiro atoms. The summed E-state index contributed by atoms with van der Waals surface area (Å²) in [5.74, 6) is 0.421. The van der Waals surface area contributed by atoms with E-state index in [1.54, 1.807) is 14.0 Å². The summed E-state index contributed by atoms with van der Waals surface area (Å²) in [6.07, 6.45) is 0.183. The first-order valence-corrected chi connectivity index (χ1v) is 10.5. The molecule has 0 aliphatic rings. The fraction of sp³-hybridized carbons (Fsp3) is 0.259. The summed E-state index contributed by atoms with van der Waals surface area (Å²) in [6, 6.07) is 21.8. The Morgan fingerprint density at radius 3 is 2.25 bits per heavy atom. The molecule has 5 nitrogen and oxygen atoms in total. The molecule has 0 heterocycles. The van der Waals surface area contributed by atoms with Crippen LogP contribution in [0.1, 0.15) is 29.2 Å². The van der Waals surface area contributed by atoms with Crippen LogP contribution < -0.4 is 4.74 Å². The largest absolute Gasteiger partial charge is 0.496 e. The van der Waals surface area contributed by atoms with Crippen molar-refractivity contribution in [2.24, 2.45) is 0 Å². The molecule has 0 aliphatic carbocycles. The van der Waals surface area contributed by atoms with Crippen molar-refractivity contribution in [2.75, 3.05) is 14.2 Å². The highest BCUT2D eigenvalue weighted by Gasteiger charge is 2.17. The maximum Gasteiger partial charge on any atom is 0.309 e. The molecule has 1 amide bonds. The second kappa shape index (κ2) is 10.6. The average molecular weight is 432 g/mol. The number of methoxy groups -OCH3 is 2. The zero-order valence-electron chi connectivity index (χ0n) is 19.1. The highest BCUT2D eigenvalue weighted by atomic mass is 16.5. The van der Waals surface area contributed by atoms with Crippen molar-refractivity contribution in [1.29, 1.82) is 0 Å². The van der Waals surface area contributed by atoms with Crippen LogP contribution in [-0.2, 0) is 33.8 Å². The van der Waals surface area contributed by atoms with Gasteiger partial charge in [0.05, 0.1) is 20.6 Å². The van der Waals surface area contributed by atoms with Crippen molar-refractivity contribution in [2.45, 2.75) is 33.4 Å². The zero-order chi connectivity index (χ0) is 23.1. The van der Waals surface area contributed by atoms with Crippen LogP contribution in [0, 0.1) is 6.92 Å². The molecule has 5 heteroatoms. The number of hydrogen-bond acceptors (Lipinski definition) is 4. The third kappa shape index (κ3) is 5.76. The van der Waals surface area contributed by atoms with Crippen LogP contribution in [-0.4, -0.2) is 31.0 Å². The maximum atomic E-state index is 12.5. The van der Waals surface area contributed by atoms with Gasteiger partial charge in [0, 0.05) is 25.6 Å². The Balaban J connectivity index is 2.01. The number of hydrogen-bond donors (Lipinski definition) is 0. The van der Waals surface area contributed by atoms with E-state index in [-0.39, 0.29) is 18.3 Å². The van der Waals surface area contributed by atoms with E-state index >= 15 is 0 Å². The second-order valence-corrected chi connectivity index (χ2v) is 7.81. The van der Waals surface area contributed by atoms with Crippen molar-refractivity contribution in [3.05, 3.63) is 89.0 Å². The lowest BCUT2D eigenvalue weighted by Gasteiger charge is -2.24. The van der Waals surface area contributed by atoms with Crippen molar-refractivity contribution < 1.29 is 19.1 Å². The van der Waals surface area contributed by atoms with E-state index in [0.717, 1.165) is 33.4 Å². The van der Waals surface area contributed by atoms with E-state index in [2.05, 4.69) is 6.07 Å². The number of aryl methyl sites for hydroxylation is 1. The standard InChI is InChI=1S/C27H29NO4/c1-19-10-12-24(25-15-22(16-27(30)32-4)11-13-26(25)31-3)23(14-19)18-28(20(2)29)17-21-8-6-5-7-9-21/h5-15H,16-18H2,1-4H3.